The van der Waals surface area contributed by atoms with Gasteiger partial charge >= 0.3 is 0 Å². The molecule has 102 valence electrons. The molecule has 0 saturated carbocycles. The number of aliphatic hydroxyl groups excluding tert-OH is 1. The van der Waals surface area contributed by atoms with Crippen molar-refractivity contribution in [3.05, 3.63) is 47.5 Å². The van der Waals surface area contributed by atoms with Gasteiger partial charge in [-0.2, -0.15) is 5.10 Å². The average molecular weight is 264 g/mol. The van der Waals surface area contributed by atoms with Gasteiger partial charge in [0.25, 0.3) is 0 Å². The quantitative estimate of drug-likeness (QED) is 0.902. The van der Waals surface area contributed by atoms with Crippen molar-refractivity contribution in [1.82, 2.24) is 9.78 Å². The molecular weight excluding hydrogens is 247 g/mol. The zero-order chi connectivity index (χ0) is 13.8. The molecule has 1 unspecified atom stereocenters. The fourth-order valence-corrected chi connectivity index (χ4v) is 2.04. The summed E-state index contributed by atoms with van der Waals surface area (Å²) in [7, 11) is 1.52. The number of hydrogen-bond donors (Lipinski definition) is 1. The van der Waals surface area contributed by atoms with E-state index < -0.39 is 6.10 Å². The van der Waals surface area contributed by atoms with Crippen LogP contribution in [0.4, 0.5) is 4.39 Å². The SMILES string of the molecule is CCCn1ncc(OC)c1C(O)c1cccc(F)c1. The van der Waals surface area contributed by atoms with Gasteiger partial charge in [-0.15, -0.1) is 0 Å². The van der Waals surface area contributed by atoms with Crippen LogP contribution in [0, 0.1) is 5.82 Å². The van der Waals surface area contributed by atoms with Crippen molar-refractivity contribution in [2.45, 2.75) is 26.0 Å². The number of rotatable bonds is 5. The normalized spacial score (nSPS) is 12.4. The standard InChI is InChI=1S/C14H17FN2O2/c1-3-7-17-13(12(19-2)9-16-17)14(18)10-5-4-6-11(15)8-10/h4-6,8-9,14,18H,3,7H2,1-2H3. The maximum absolute atomic E-state index is 13.2. The van der Waals surface area contributed by atoms with Crippen LogP contribution in [0.1, 0.15) is 30.7 Å². The Balaban J connectivity index is 2.41. The summed E-state index contributed by atoms with van der Waals surface area (Å²) in [6, 6.07) is 5.90. The summed E-state index contributed by atoms with van der Waals surface area (Å²) >= 11 is 0. The lowest BCUT2D eigenvalue weighted by molar-refractivity contribution is 0.201. The Hall–Kier alpha value is -1.88. The first-order valence-corrected chi connectivity index (χ1v) is 6.20. The summed E-state index contributed by atoms with van der Waals surface area (Å²) in [5, 5.41) is 14.6. The largest absolute Gasteiger partial charge is 0.493 e. The van der Waals surface area contributed by atoms with Crippen LogP contribution in [0.2, 0.25) is 0 Å². The van der Waals surface area contributed by atoms with Gasteiger partial charge in [-0.25, -0.2) is 4.39 Å². The van der Waals surface area contributed by atoms with Crippen molar-refractivity contribution < 1.29 is 14.2 Å². The summed E-state index contributed by atoms with van der Waals surface area (Å²) in [6.07, 6.45) is 1.49. The highest BCUT2D eigenvalue weighted by Crippen LogP contribution is 2.30. The fourth-order valence-electron chi connectivity index (χ4n) is 2.04. The number of aromatic nitrogens is 2. The van der Waals surface area contributed by atoms with E-state index >= 15 is 0 Å². The Morgan fingerprint density at radius 2 is 2.26 bits per heavy atom. The highest BCUT2D eigenvalue weighted by Gasteiger charge is 2.21. The van der Waals surface area contributed by atoms with Gasteiger partial charge < -0.3 is 9.84 Å². The van der Waals surface area contributed by atoms with Crippen LogP contribution < -0.4 is 4.74 Å². The second kappa shape index (κ2) is 5.84. The topological polar surface area (TPSA) is 47.3 Å². The molecule has 0 spiro atoms. The number of methoxy groups -OCH3 is 1. The van der Waals surface area contributed by atoms with Crippen molar-refractivity contribution in [2.75, 3.05) is 7.11 Å². The van der Waals surface area contributed by atoms with Crippen LogP contribution in [0.25, 0.3) is 0 Å². The van der Waals surface area contributed by atoms with Crippen molar-refractivity contribution in [1.29, 1.82) is 0 Å². The monoisotopic (exact) mass is 264 g/mol. The Morgan fingerprint density at radius 1 is 1.47 bits per heavy atom. The maximum Gasteiger partial charge on any atom is 0.163 e. The molecule has 0 aliphatic heterocycles. The third kappa shape index (κ3) is 2.76. The van der Waals surface area contributed by atoms with Gasteiger partial charge in [-0.3, -0.25) is 4.68 Å². The lowest BCUT2D eigenvalue weighted by Crippen LogP contribution is -2.11. The van der Waals surface area contributed by atoms with Crippen LogP contribution in [0.15, 0.2) is 30.5 Å². The zero-order valence-corrected chi connectivity index (χ0v) is 11.0. The van der Waals surface area contributed by atoms with E-state index in [1.807, 2.05) is 6.92 Å². The van der Waals surface area contributed by atoms with E-state index in [9.17, 15) is 9.50 Å². The molecule has 5 heteroatoms. The van der Waals surface area contributed by atoms with Crippen LogP contribution in [0.3, 0.4) is 0 Å². The Bertz CT molecular complexity index is 554. The van der Waals surface area contributed by atoms with Gasteiger partial charge in [0.15, 0.2) is 5.75 Å². The van der Waals surface area contributed by atoms with E-state index in [2.05, 4.69) is 5.10 Å². The van der Waals surface area contributed by atoms with E-state index in [0.29, 0.717) is 23.6 Å². The molecule has 1 heterocycles. The van der Waals surface area contributed by atoms with E-state index in [1.165, 1.54) is 19.2 Å². The Morgan fingerprint density at radius 3 is 2.89 bits per heavy atom. The van der Waals surface area contributed by atoms with Gasteiger partial charge in [0.2, 0.25) is 0 Å². The van der Waals surface area contributed by atoms with E-state index in [0.717, 1.165) is 6.42 Å². The van der Waals surface area contributed by atoms with E-state index in [1.54, 1.807) is 23.0 Å². The number of aryl methyl sites for hydroxylation is 1. The third-order valence-corrected chi connectivity index (χ3v) is 2.92. The third-order valence-electron chi connectivity index (χ3n) is 2.92. The maximum atomic E-state index is 13.2. The van der Waals surface area contributed by atoms with Crippen LogP contribution in [-0.2, 0) is 6.54 Å². The summed E-state index contributed by atoms with van der Waals surface area (Å²) in [6.45, 7) is 2.69. The van der Waals surface area contributed by atoms with Crippen molar-refractivity contribution in [3.63, 3.8) is 0 Å². The van der Waals surface area contributed by atoms with Crippen LogP contribution in [-0.4, -0.2) is 22.0 Å². The van der Waals surface area contributed by atoms with Gasteiger partial charge in [0.1, 0.15) is 17.6 Å². The number of hydrogen-bond acceptors (Lipinski definition) is 3. The van der Waals surface area contributed by atoms with Crippen molar-refractivity contribution >= 4 is 0 Å². The minimum atomic E-state index is -0.959. The molecule has 2 rings (SSSR count). The first-order valence-electron chi connectivity index (χ1n) is 6.20. The highest BCUT2D eigenvalue weighted by molar-refractivity contribution is 5.34. The molecule has 1 aromatic carbocycles. The highest BCUT2D eigenvalue weighted by atomic mass is 19.1. The molecule has 1 atom stereocenters. The predicted molar refractivity (Wildman–Crippen MR) is 69.5 cm³/mol. The summed E-state index contributed by atoms with van der Waals surface area (Å²) in [5.74, 6) is 0.127. The molecule has 0 amide bonds. The van der Waals surface area contributed by atoms with Crippen LogP contribution in [0.5, 0.6) is 5.75 Å². The average Bonchev–Trinajstić information content (AvgIpc) is 2.81. The van der Waals surface area contributed by atoms with Crippen LogP contribution >= 0.6 is 0 Å². The minimum absolute atomic E-state index is 0.378. The lowest BCUT2D eigenvalue weighted by Gasteiger charge is -2.15. The number of nitrogens with zero attached hydrogens (tertiary/aromatic N) is 2. The van der Waals surface area contributed by atoms with Crippen molar-refractivity contribution in [3.8, 4) is 5.75 Å². The summed E-state index contributed by atoms with van der Waals surface area (Å²) in [4.78, 5) is 0. The molecule has 0 saturated heterocycles. The Kier molecular flexibility index (Phi) is 4.16. The number of halogens is 1. The van der Waals surface area contributed by atoms with Gasteiger partial charge in [-0.1, -0.05) is 19.1 Å². The molecule has 0 fully saturated rings. The molecule has 1 aromatic heterocycles. The predicted octanol–water partition coefficient (Wildman–Crippen LogP) is 2.52. The van der Waals surface area contributed by atoms with Gasteiger partial charge in [0.05, 0.1) is 13.3 Å². The second-order valence-corrected chi connectivity index (χ2v) is 4.28. The molecule has 0 bridgehead atoms. The lowest BCUT2D eigenvalue weighted by atomic mass is 10.1. The molecule has 0 aliphatic carbocycles. The molecule has 2 aromatic rings. The first-order chi connectivity index (χ1) is 9.17. The summed E-state index contributed by atoms with van der Waals surface area (Å²) < 4.78 is 20.1. The van der Waals surface area contributed by atoms with E-state index in [-0.39, 0.29) is 5.82 Å². The smallest absolute Gasteiger partial charge is 0.163 e. The number of aliphatic hydroxyl groups is 1. The minimum Gasteiger partial charge on any atom is -0.493 e. The molecule has 0 radical (unpaired) electrons. The molecule has 0 aliphatic rings. The Labute approximate surface area is 111 Å². The molecule has 4 nitrogen and oxygen atoms in total. The van der Waals surface area contributed by atoms with Gasteiger partial charge in [-0.05, 0) is 24.1 Å². The summed E-state index contributed by atoms with van der Waals surface area (Å²) in [5.41, 5.74) is 1.03. The fraction of sp³-hybridized carbons (Fsp3) is 0.357. The van der Waals surface area contributed by atoms with Gasteiger partial charge in [0, 0.05) is 6.54 Å². The molecule has 19 heavy (non-hydrogen) atoms. The molecule has 1 N–H and O–H groups in total. The number of benzene rings is 1. The number of ether oxygens (including phenoxy) is 1. The van der Waals surface area contributed by atoms with E-state index in [4.69, 9.17) is 4.74 Å². The molecular formula is C14H17FN2O2. The van der Waals surface area contributed by atoms with Crippen molar-refractivity contribution in [2.24, 2.45) is 0 Å². The first kappa shape index (κ1) is 13.5. The zero-order valence-electron chi connectivity index (χ0n) is 11.0. The second-order valence-electron chi connectivity index (χ2n) is 4.28.